The lowest BCUT2D eigenvalue weighted by Crippen LogP contribution is -2.40. The van der Waals surface area contributed by atoms with E-state index in [-0.39, 0.29) is 0 Å². The van der Waals surface area contributed by atoms with Crippen molar-refractivity contribution in [2.45, 2.75) is 25.6 Å². The van der Waals surface area contributed by atoms with Gasteiger partial charge in [0.15, 0.2) is 0 Å². The molecule has 2 saturated heterocycles. The van der Waals surface area contributed by atoms with Gasteiger partial charge in [0.25, 0.3) is 0 Å². The van der Waals surface area contributed by atoms with Crippen LogP contribution in [0.1, 0.15) is 13.3 Å². The molecule has 0 aromatic rings. The minimum Gasteiger partial charge on any atom is -0.385 e. The highest BCUT2D eigenvalue weighted by Crippen LogP contribution is 2.34. The van der Waals surface area contributed by atoms with E-state index in [4.69, 9.17) is 9.47 Å². The summed E-state index contributed by atoms with van der Waals surface area (Å²) in [7, 11) is 1.76. The summed E-state index contributed by atoms with van der Waals surface area (Å²) < 4.78 is 10.6. The maximum atomic E-state index is 5.55. The van der Waals surface area contributed by atoms with Crippen LogP contribution in [0.2, 0.25) is 0 Å². The van der Waals surface area contributed by atoms with Gasteiger partial charge in [-0.1, -0.05) is 6.92 Å². The van der Waals surface area contributed by atoms with Gasteiger partial charge in [-0.15, -0.1) is 0 Å². The molecule has 2 rings (SSSR count). The third kappa shape index (κ3) is 2.22. The van der Waals surface area contributed by atoms with Gasteiger partial charge in [0.2, 0.25) is 0 Å². The second-order valence-electron chi connectivity index (χ2n) is 4.22. The van der Waals surface area contributed by atoms with E-state index in [0.29, 0.717) is 12.2 Å². The van der Waals surface area contributed by atoms with E-state index in [1.54, 1.807) is 7.11 Å². The van der Waals surface area contributed by atoms with E-state index < -0.39 is 0 Å². The van der Waals surface area contributed by atoms with Gasteiger partial charge in [0.05, 0.1) is 12.2 Å². The van der Waals surface area contributed by atoms with Crippen LogP contribution in [0.5, 0.6) is 0 Å². The summed E-state index contributed by atoms with van der Waals surface area (Å²) in [6.07, 6.45) is 2.27. The molecule has 3 heteroatoms. The number of ether oxygens (including phenoxy) is 2. The Morgan fingerprint density at radius 3 is 3.00 bits per heavy atom. The van der Waals surface area contributed by atoms with Crippen molar-refractivity contribution in [2.75, 3.05) is 33.4 Å². The lowest BCUT2D eigenvalue weighted by atomic mass is 10.0. The second-order valence-corrected chi connectivity index (χ2v) is 4.22. The standard InChI is InChI=1S/C10H19NO2/c1-8-6-11(4-3-5-12-2)7-9-10(8)13-9/h8-10H,3-7H2,1-2H3/t8-,9+,10-/m0/s1. The number of hydrogen-bond acceptors (Lipinski definition) is 3. The number of piperidine rings is 1. The molecule has 13 heavy (non-hydrogen) atoms. The summed E-state index contributed by atoms with van der Waals surface area (Å²) in [6, 6.07) is 0. The maximum absolute atomic E-state index is 5.55. The molecule has 2 aliphatic rings. The zero-order chi connectivity index (χ0) is 9.26. The zero-order valence-electron chi connectivity index (χ0n) is 8.53. The Balaban J connectivity index is 1.68. The lowest BCUT2D eigenvalue weighted by Gasteiger charge is -2.27. The first-order chi connectivity index (χ1) is 6.31. The molecule has 3 nitrogen and oxygen atoms in total. The average molecular weight is 185 g/mol. The highest BCUT2D eigenvalue weighted by Gasteiger charge is 2.47. The van der Waals surface area contributed by atoms with Crippen molar-refractivity contribution < 1.29 is 9.47 Å². The molecule has 0 amide bonds. The molecule has 0 unspecified atom stereocenters. The monoisotopic (exact) mass is 185 g/mol. The Morgan fingerprint density at radius 1 is 1.46 bits per heavy atom. The van der Waals surface area contributed by atoms with Crippen molar-refractivity contribution in [3.63, 3.8) is 0 Å². The van der Waals surface area contributed by atoms with Crippen molar-refractivity contribution in [1.82, 2.24) is 4.90 Å². The Bertz CT molecular complexity index is 174. The quantitative estimate of drug-likeness (QED) is 0.477. The molecular formula is C10H19NO2. The average Bonchev–Trinajstić information content (AvgIpc) is 2.84. The van der Waals surface area contributed by atoms with Gasteiger partial charge in [-0.3, -0.25) is 0 Å². The molecule has 0 saturated carbocycles. The summed E-state index contributed by atoms with van der Waals surface area (Å²) in [5.41, 5.74) is 0. The number of rotatable bonds is 4. The highest BCUT2D eigenvalue weighted by molar-refractivity contribution is 4.96. The topological polar surface area (TPSA) is 25.0 Å². The number of epoxide rings is 1. The molecule has 0 aromatic carbocycles. The minimum atomic E-state index is 0.547. The molecule has 3 atom stereocenters. The van der Waals surface area contributed by atoms with E-state index in [0.717, 1.165) is 32.0 Å². The van der Waals surface area contributed by atoms with Crippen LogP contribution in [0.15, 0.2) is 0 Å². The van der Waals surface area contributed by atoms with Crippen molar-refractivity contribution >= 4 is 0 Å². The third-order valence-corrected chi connectivity index (χ3v) is 2.99. The lowest BCUT2D eigenvalue weighted by molar-refractivity contribution is 0.156. The predicted octanol–water partition coefficient (Wildman–Crippen LogP) is 0.742. The van der Waals surface area contributed by atoms with Crippen LogP contribution in [-0.4, -0.2) is 50.5 Å². The van der Waals surface area contributed by atoms with Crippen LogP contribution in [0, 0.1) is 5.92 Å². The fourth-order valence-corrected chi connectivity index (χ4v) is 2.26. The normalized spacial score (nSPS) is 38.8. The van der Waals surface area contributed by atoms with Gasteiger partial charge in [0.1, 0.15) is 0 Å². The number of nitrogens with zero attached hydrogens (tertiary/aromatic N) is 1. The Labute approximate surface area is 80.0 Å². The number of fused-ring (bicyclic) bond motifs is 1. The van der Waals surface area contributed by atoms with E-state index >= 15 is 0 Å². The summed E-state index contributed by atoms with van der Waals surface area (Å²) in [4.78, 5) is 2.50. The smallest absolute Gasteiger partial charge is 0.0971 e. The number of methoxy groups -OCH3 is 1. The molecule has 0 aliphatic carbocycles. The fourth-order valence-electron chi connectivity index (χ4n) is 2.26. The zero-order valence-corrected chi connectivity index (χ0v) is 8.53. The van der Waals surface area contributed by atoms with Crippen LogP contribution in [0.3, 0.4) is 0 Å². The Hall–Kier alpha value is -0.120. The first kappa shape index (κ1) is 9.44. The first-order valence-corrected chi connectivity index (χ1v) is 5.18. The van der Waals surface area contributed by atoms with E-state index in [1.165, 1.54) is 6.54 Å². The molecule has 0 N–H and O–H groups in total. The summed E-state index contributed by atoms with van der Waals surface area (Å²) >= 11 is 0. The van der Waals surface area contributed by atoms with E-state index in [1.807, 2.05) is 0 Å². The molecule has 0 bridgehead atoms. The Morgan fingerprint density at radius 2 is 2.31 bits per heavy atom. The van der Waals surface area contributed by atoms with Crippen LogP contribution in [-0.2, 0) is 9.47 Å². The van der Waals surface area contributed by atoms with Crippen LogP contribution in [0.25, 0.3) is 0 Å². The molecule has 0 spiro atoms. The van der Waals surface area contributed by atoms with Crippen molar-refractivity contribution in [3.8, 4) is 0 Å². The van der Waals surface area contributed by atoms with E-state index in [2.05, 4.69) is 11.8 Å². The molecule has 0 aromatic heterocycles. The van der Waals surface area contributed by atoms with E-state index in [9.17, 15) is 0 Å². The SMILES string of the molecule is COCCCN1C[C@H](C)[C@@H]2O[C@@H]2C1. The second kappa shape index (κ2) is 3.95. The third-order valence-electron chi connectivity index (χ3n) is 2.99. The molecule has 0 radical (unpaired) electrons. The van der Waals surface area contributed by atoms with Crippen LogP contribution >= 0.6 is 0 Å². The van der Waals surface area contributed by atoms with Crippen LogP contribution < -0.4 is 0 Å². The van der Waals surface area contributed by atoms with Crippen molar-refractivity contribution in [1.29, 1.82) is 0 Å². The first-order valence-electron chi connectivity index (χ1n) is 5.18. The molecular weight excluding hydrogens is 166 g/mol. The van der Waals surface area contributed by atoms with Crippen LogP contribution in [0.4, 0.5) is 0 Å². The van der Waals surface area contributed by atoms with Gasteiger partial charge in [-0.05, 0) is 12.3 Å². The van der Waals surface area contributed by atoms with Gasteiger partial charge in [-0.2, -0.15) is 0 Å². The largest absolute Gasteiger partial charge is 0.385 e. The highest BCUT2D eigenvalue weighted by atomic mass is 16.6. The number of likely N-dealkylation sites (tertiary alicyclic amines) is 1. The summed E-state index contributed by atoms with van der Waals surface area (Å²) in [5, 5.41) is 0. The van der Waals surface area contributed by atoms with Crippen molar-refractivity contribution in [3.05, 3.63) is 0 Å². The van der Waals surface area contributed by atoms with Gasteiger partial charge in [-0.25, -0.2) is 0 Å². The van der Waals surface area contributed by atoms with Gasteiger partial charge >= 0.3 is 0 Å². The molecule has 2 heterocycles. The van der Waals surface area contributed by atoms with Gasteiger partial charge < -0.3 is 14.4 Å². The van der Waals surface area contributed by atoms with Gasteiger partial charge in [0, 0.05) is 33.4 Å². The summed E-state index contributed by atoms with van der Waals surface area (Å²) in [5.74, 6) is 0.723. The molecule has 2 aliphatic heterocycles. The maximum Gasteiger partial charge on any atom is 0.0971 e. The molecule has 76 valence electrons. The predicted molar refractivity (Wildman–Crippen MR) is 50.8 cm³/mol. The number of hydrogen-bond donors (Lipinski definition) is 0. The Kier molecular flexibility index (Phi) is 2.86. The molecule has 2 fully saturated rings. The summed E-state index contributed by atoms with van der Waals surface area (Å²) in [6.45, 7) is 6.65. The minimum absolute atomic E-state index is 0.547. The van der Waals surface area contributed by atoms with Crippen molar-refractivity contribution in [2.24, 2.45) is 5.92 Å². The fraction of sp³-hybridized carbons (Fsp3) is 1.00.